The molecule has 0 radical (unpaired) electrons. The average molecular weight is 395 g/mol. The molecule has 148 valence electrons. The molecule has 5 heteroatoms. The van der Waals surface area contributed by atoms with Crippen LogP contribution in [0, 0.1) is 0 Å². The molecule has 3 aromatic carbocycles. The highest BCUT2D eigenvalue weighted by molar-refractivity contribution is 5.96. The first-order chi connectivity index (χ1) is 14.7. The van der Waals surface area contributed by atoms with Crippen LogP contribution in [0.3, 0.4) is 0 Å². The summed E-state index contributed by atoms with van der Waals surface area (Å²) in [5.74, 6) is 0.00286. The molecule has 1 aliphatic heterocycles. The zero-order valence-corrected chi connectivity index (χ0v) is 16.4. The number of para-hydroxylation sites is 2. The van der Waals surface area contributed by atoms with E-state index in [-0.39, 0.29) is 11.7 Å². The number of fused-ring (bicyclic) bond motifs is 1. The van der Waals surface area contributed by atoms with Gasteiger partial charge in [-0.3, -0.25) is 9.59 Å². The van der Waals surface area contributed by atoms with E-state index in [0.29, 0.717) is 18.8 Å². The normalized spacial score (nSPS) is 16.5. The number of hydrogen-bond donors (Lipinski definition) is 1. The quantitative estimate of drug-likeness (QED) is 0.562. The number of carbonyl (C=O) groups excluding carboxylic acids is 2. The minimum absolute atomic E-state index is 0.0160. The van der Waals surface area contributed by atoms with E-state index in [9.17, 15) is 9.59 Å². The highest BCUT2D eigenvalue weighted by atomic mass is 16.2. The molecular formula is C25H21N3O2. The van der Waals surface area contributed by atoms with Gasteiger partial charge in [0.15, 0.2) is 5.78 Å². The maximum Gasteiger partial charge on any atom is 0.235 e. The summed E-state index contributed by atoms with van der Waals surface area (Å²) in [5, 5.41) is 0. The number of aromatic nitrogens is 2. The van der Waals surface area contributed by atoms with Crippen LogP contribution in [0.4, 0.5) is 0 Å². The molecule has 0 spiro atoms. The van der Waals surface area contributed by atoms with Gasteiger partial charge in [-0.15, -0.1) is 0 Å². The number of amides is 1. The Labute approximate surface area is 174 Å². The largest absolute Gasteiger partial charge is 0.340 e. The zero-order chi connectivity index (χ0) is 20.5. The third kappa shape index (κ3) is 3.18. The fourth-order valence-corrected chi connectivity index (χ4v) is 4.24. The third-order valence-corrected chi connectivity index (χ3v) is 5.68. The van der Waals surface area contributed by atoms with Gasteiger partial charge < -0.3 is 9.88 Å². The van der Waals surface area contributed by atoms with E-state index in [1.165, 1.54) is 0 Å². The lowest BCUT2D eigenvalue weighted by molar-refractivity contribution is -0.135. The number of hydrogen-bond acceptors (Lipinski definition) is 3. The minimum Gasteiger partial charge on any atom is -0.340 e. The lowest BCUT2D eigenvalue weighted by atomic mass is 9.89. The van der Waals surface area contributed by atoms with Gasteiger partial charge in [0, 0.05) is 13.0 Å². The fraction of sp³-hybridized carbons (Fsp3) is 0.160. The van der Waals surface area contributed by atoms with Crippen LogP contribution in [0.1, 0.15) is 35.3 Å². The van der Waals surface area contributed by atoms with Gasteiger partial charge in [0.25, 0.3) is 0 Å². The second kappa shape index (κ2) is 7.59. The molecule has 0 saturated carbocycles. The summed E-state index contributed by atoms with van der Waals surface area (Å²) in [4.78, 5) is 36.2. The van der Waals surface area contributed by atoms with Crippen LogP contribution >= 0.6 is 0 Å². The molecule has 1 N–H and O–H groups in total. The first-order valence-corrected chi connectivity index (χ1v) is 10.1. The molecule has 1 fully saturated rings. The Hall–Kier alpha value is -3.73. The molecule has 1 saturated heterocycles. The highest BCUT2D eigenvalue weighted by Crippen LogP contribution is 2.34. The maximum atomic E-state index is 13.8. The van der Waals surface area contributed by atoms with E-state index in [0.717, 1.165) is 22.2 Å². The lowest BCUT2D eigenvalue weighted by Crippen LogP contribution is -2.37. The van der Waals surface area contributed by atoms with Crippen molar-refractivity contribution in [1.82, 2.24) is 14.9 Å². The third-order valence-electron chi connectivity index (χ3n) is 5.68. The van der Waals surface area contributed by atoms with E-state index >= 15 is 0 Å². The molecule has 1 aliphatic rings. The molecule has 4 aromatic rings. The molecule has 30 heavy (non-hydrogen) atoms. The standard InChI is InChI=1S/C25H21N3O2/c29-21-15-16-28(23(21)24-26-19-13-7-8-14-20(19)27-24)25(30)22(17-9-3-1-4-10-17)18-11-5-2-6-12-18/h1-14,22-23H,15-16H2,(H,26,27). The van der Waals surface area contributed by atoms with Crippen molar-refractivity contribution < 1.29 is 9.59 Å². The van der Waals surface area contributed by atoms with Gasteiger partial charge in [-0.1, -0.05) is 72.8 Å². The number of rotatable bonds is 4. The SMILES string of the molecule is O=C1CCN(C(=O)C(c2ccccc2)c2ccccc2)C1c1nc2ccccc2[nH]1. The van der Waals surface area contributed by atoms with E-state index in [2.05, 4.69) is 9.97 Å². The number of carbonyl (C=O) groups is 2. The molecule has 0 aliphatic carbocycles. The van der Waals surface area contributed by atoms with E-state index in [4.69, 9.17) is 0 Å². The molecule has 1 atom stereocenters. The predicted molar refractivity (Wildman–Crippen MR) is 115 cm³/mol. The van der Waals surface area contributed by atoms with Gasteiger partial charge in [-0.05, 0) is 23.3 Å². The molecule has 2 heterocycles. The summed E-state index contributed by atoms with van der Waals surface area (Å²) < 4.78 is 0. The highest BCUT2D eigenvalue weighted by Gasteiger charge is 2.41. The Kier molecular flexibility index (Phi) is 4.64. The molecule has 5 rings (SSSR count). The van der Waals surface area contributed by atoms with Crippen LogP contribution in [0.15, 0.2) is 84.9 Å². The van der Waals surface area contributed by atoms with Crippen molar-refractivity contribution in [1.29, 1.82) is 0 Å². The van der Waals surface area contributed by atoms with E-state index < -0.39 is 12.0 Å². The van der Waals surface area contributed by atoms with Crippen LogP contribution in [0.5, 0.6) is 0 Å². The van der Waals surface area contributed by atoms with Crippen molar-refractivity contribution in [3.8, 4) is 0 Å². The number of nitrogens with zero attached hydrogens (tertiary/aromatic N) is 2. The number of nitrogens with one attached hydrogen (secondary N) is 1. The van der Waals surface area contributed by atoms with E-state index in [1.54, 1.807) is 4.90 Å². The minimum atomic E-state index is -0.681. The number of imidazole rings is 1. The molecule has 1 amide bonds. The molecule has 5 nitrogen and oxygen atoms in total. The topological polar surface area (TPSA) is 66.1 Å². The fourth-order valence-electron chi connectivity index (χ4n) is 4.24. The van der Waals surface area contributed by atoms with Crippen LogP contribution < -0.4 is 0 Å². The maximum absolute atomic E-state index is 13.8. The summed E-state index contributed by atoms with van der Waals surface area (Å²) in [6.45, 7) is 0.398. The van der Waals surface area contributed by atoms with E-state index in [1.807, 2.05) is 84.9 Å². The second-order valence-electron chi connectivity index (χ2n) is 7.54. The number of benzene rings is 3. The van der Waals surface area contributed by atoms with Crippen molar-refractivity contribution in [2.24, 2.45) is 0 Å². The molecular weight excluding hydrogens is 374 g/mol. The van der Waals surface area contributed by atoms with Crippen LogP contribution in [0.2, 0.25) is 0 Å². The number of aromatic amines is 1. The van der Waals surface area contributed by atoms with Gasteiger partial charge in [0.2, 0.25) is 5.91 Å². The van der Waals surface area contributed by atoms with Crippen molar-refractivity contribution in [3.63, 3.8) is 0 Å². The van der Waals surface area contributed by atoms with Crippen molar-refractivity contribution >= 4 is 22.7 Å². The van der Waals surface area contributed by atoms with Crippen LogP contribution in [-0.2, 0) is 9.59 Å². The first kappa shape index (κ1) is 18.3. The summed E-state index contributed by atoms with van der Waals surface area (Å²) >= 11 is 0. The Morgan fingerprint density at radius 2 is 1.50 bits per heavy atom. The number of ketones is 1. The summed E-state index contributed by atoms with van der Waals surface area (Å²) in [6, 6.07) is 26.4. The first-order valence-electron chi connectivity index (χ1n) is 10.1. The van der Waals surface area contributed by atoms with Crippen molar-refractivity contribution in [2.45, 2.75) is 18.4 Å². The zero-order valence-electron chi connectivity index (χ0n) is 16.4. The van der Waals surface area contributed by atoms with Gasteiger partial charge in [-0.2, -0.15) is 0 Å². The van der Waals surface area contributed by atoms with Crippen molar-refractivity contribution in [3.05, 3.63) is 102 Å². The second-order valence-corrected chi connectivity index (χ2v) is 7.54. The predicted octanol–water partition coefficient (Wildman–Crippen LogP) is 4.24. The number of H-pyrrole nitrogens is 1. The van der Waals surface area contributed by atoms with Gasteiger partial charge in [-0.25, -0.2) is 4.98 Å². The molecule has 1 aromatic heterocycles. The monoisotopic (exact) mass is 395 g/mol. The number of Topliss-reactive ketones (excluding diaryl/α,β-unsaturated/α-hetero) is 1. The summed E-state index contributed by atoms with van der Waals surface area (Å²) in [6.07, 6.45) is 0.337. The van der Waals surface area contributed by atoms with Gasteiger partial charge >= 0.3 is 0 Å². The van der Waals surface area contributed by atoms with Gasteiger partial charge in [0.1, 0.15) is 11.9 Å². The summed E-state index contributed by atoms with van der Waals surface area (Å²) in [5.41, 5.74) is 3.48. The lowest BCUT2D eigenvalue weighted by Gasteiger charge is -2.27. The van der Waals surface area contributed by atoms with Crippen LogP contribution in [-0.4, -0.2) is 33.1 Å². The van der Waals surface area contributed by atoms with Gasteiger partial charge in [0.05, 0.1) is 17.0 Å². The Bertz CT molecular complexity index is 1130. The van der Waals surface area contributed by atoms with Crippen LogP contribution in [0.25, 0.3) is 11.0 Å². The summed E-state index contributed by atoms with van der Waals surface area (Å²) in [7, 11) is 0. The van der Waals surface area contributed by atoms with Crippen molar-refractivity contribution in [2.75, 3.05) is 6.54 Å². The Balaban J connectivity index is 1.56. The molecule has 0 bridgehead atoms. The average Bonchev–Trinajstić information content (AvgIpc) is 3.38. The Morgan fingerprint density at radius 1 is 0.900 bits per heavy atom. The number of likely N-dealkylation sites (tertiary alicyclic amines) is 1. The Morgan fingerprint density at radius 3 is 2.13 bits per heavy atom. The molecule has 1 unspecified atom stereocenters. The smallest absolute Gasteiger partial charge is 0.235 e.